The summed E-state index contributed by atoms with van der Waals surface area (Å²) in [4.78, 5) is 32.8. The fraction of sp³-hybridized carbons (Fsp3) is 0.286. The summed E-state index contributed by atoms with van der Waals surface area (Å²) in [5.41, 5.74) is 6.35. The van der Waals surface area contributed by atoms with Gasteiger partial charge in [-0.3, -0.25) is 19.9 Å². The first kappa shape index (κ1) is 27.3. The minimum Gasteiger partial charge on any atom is -0.403 e. The molecule has 38 heavy (non-hydrogen) atoms. The van der Waals surface area contributed by atoms with Crippen LogP contribution in [0.5, 0.6) is 0 Å². The van der Waals surface area contributed by atoms with Gasteiger partial charge in [0.05, 0.1) is 30.5 Å². The highest BCUT2D eigenvalue weighted by atomic mass is 32.2. The predicted molar refractivity (Wildman–Crippen MR) is 135 cm³/mol. The van der Waals surface area contributed by atoms with E-state index < -0.39 is 34.6 Å². The van der Waals surface area contributed by atoms with Gasteiger partial charge >= 0.3 is 5.88 Å². The van der Waals surface area contributed by atoms with Gasteiger partial charge in [-0.2, -0.15) is 4.98 Å². The summed E-state index contributed by atoms with van der Waals surface area (Å²) in [6.07, 6.45) is 2.62. The van der Waals surface area contributed by atoms with Gasteiger partial charge in [-0.15, -0.1) is 0 Å². The van der Waals surface area contributed by atoms with Crippen LogP contribution in [0.4, 0.5) is 11.8 Å². The second kappa shape index (κ2) is 11.8. The highest BCUT2D eigenvalue weighted by Gasteiger charge is 2.17. The summed E-state index contributed by atoms with van der Waals surface area (Å²) < 4.78 is 47.4. The van der Waals surface area contributed by atoms with Gasteiger partial charge in [0.15, 0.2) is 29.4 Å². The van der Waals surface area contributed by atoms with Crippen LogP contribution >= 0.6 is 8.38 Å². The van der Waals surface area contributed by atoms with Gasteiger partial charge < -0.3 is 28.5 Å². The molecule has 202 valence electrons. The number of aromatic amines is 1. The van der Waals surface area contributed by atoms with Gasteiger partial charge in [-0.05, 0) is 23.8 Å². The summed E-state index contributed by atoms with van der Waals surface area (Å²) in [5, 5.41) is 10.8. The van der Waals surface area contributed by atoms with Crippen LogP contribution in [-0.2, 0) is 43.4 Å². The smallest absolute Gasteiger partial charge is 0.403 e. The number of anilines is 1. The van der Waals surface area contributed by atoms with E-state index in [1.807, 2.05) is 0 Å². The number of nitrogens with two attached hydrogens (primary N) is 1. The second-order valence-electron chi connectivity index (χ2n) is 7.89. The lowest BCUT2D eigenvalue weighted by atomic mass is 10.2. The van der Waals surface area contributed by atoms with Gasteiger partial charge in [0, 0.05) is 12.8 Å². The van der Waals surface area contributed by atoms with E-state index in [9.17, 15) is 23.3 Å². The number of nitro groups is 1. The number of aromatic nitrogens is 4. The molecule has 3 heterocycles. The van der Waals surface area contributed by atoms with Crippen molar-refractivity contribution in [1.29, 1.82) is 0 Å². The molecular formula is C21H23N6O9PS. The van der Waals surface area contributed by atoms with Crippen molar-refractivity contribution in [3.05, 3.63) is 74.5 Å². The molecule has 1 aromatic carbocycles. The first-order chi connectivity index (χ1) is 18.1. The van der Waals surface area contributed by atoms with Crippen LogP contribution in [-0.4, -0.2) is 52.1 Å². The maximum atomic E-state index is 11.9. The Morgan fingerprint density at radius 3 is 2.61 bits per heavy atom. The highest BCUT2D eigenvalue weighted by Crippen LogP contribution is 2.40. The van der Waals surface area contributed by atoms with E-state index >= 15 is 0 Å². The molecule has 0 saturated carbocycles. The number of ether oxygens (including phenoxy) is 1. The Labute approximate surface area is 216 Å². The molecule has 0 spiro atoms. The molecule has 17 heteroatoms. The van der Waals surface area contributed by atoms with Gasteiger partial charge in [0.2, 0.25) is 5.95 Å². The van der Waals surface area contributed by atoms with Crippen LogP contribution in [0.1, 0.15) is 11.3 Å². The molecule has 0 aliphatic rings. The normalized spacial score (nSPS) is 12.7. The lowest BCUT2D eigenvalue weighted by molar-refractivity contribution is -0.402. The zero-order chi connectivity index (χ0) is 27.3. The Bertz CT molecular complexity index is 1580. The van der Waals surface area contributed by atoms with Crippen molar-refractivity contribution in [3.63, 3.8) is 0 Å². The average molecular weight is 566 g/mol. The summed E-state index contributed by atoms with van der Waals surface area (Å²) in [7, 11) is -4.97. The molecule has 0 amide bonds. The number of hydrogen-bond donors (Lipinski definition) is 2. The van der Waals surface area contributed by atoms with Crippen molar-refractivity contribution >= 4 is 41.2 Å². The zero-order valence-corrected chi connectivity index (χ0v) is 21.7. The Morgan fingerprint density at radius 2 is 1.92 bits per heavy atom. The Hall–Kier alpha value is -3.69. The topological polar surface area (TPSA) is 208 Å². The van der Waals surface area contributed by atoms with Crippen molar-refractivity contribution < 1.29 is 31.5 Å². The standard InChI is InChI=1S/C21H23N6O9PS/c1-38(31,32)16-5-2-14(3-6-16)10-34-37(35-11-15-4-7-17(36-15)27(29)30)13-33-9-8-26-12-23-18-19(26)24-21(22)25-20(18)28/h2-7,12H,8-11,13H2,1H3,(H3,22,24,25,28). The van der Waals surface area contributed by atoms with Crippen LogP contribution in [0.3, 0.4) is 0 Å². The summed E-state index contributed by atoms with van der Waals surface area (Å²) in [5.74, 6) is -0.195. The monoisotopic (exact) mass is 566 g/mol. The van der Waals surface area contributed by atoms with E-state index in [0.29, 0.717) is 17.8 Å². The Morgan fingerprint density at radius 1 is 1.18 bits per heavy atom. The quantitative estimate of drug-likeness (QED) is 0.103. The predicted octanol–water partition coefficient (Wildman–Crippen LogP) is 2.33. The number of sulfone groups is 1. The molecule has 3 aromatic heterocycles. The number of nitrogens with one attached hydrogen (secondary N) is 1. The maximum absolute atomic E-state index is 11.9. The number of imidazole rings is 1. The highest BCUT2D eigenvalue weighted by molar-refractivity contribution is 7.90. The van der Waals surface area contributed by atoms with Gasteiger partial charge in [-0.25, -0.2) is 13.4 Å². The van der Waals surface area contributed by atoms with Crippen molar-refractivity contribution in [2.24, 2.45) is 0 Å². The second-order valence-corrected chi connectivity index (χ2v) is 11.3. The van der Waals surface area contributed by atoms with Crippen molar-refractivity contribution in [2.75, 3.05) is 24.9 Å². The fourth-order valence-corrected chi connectivity index (χ4v) is 4.90. The molecule has 1 unspecified atom stereocenters. The average Bonchev–Trinajstić information content (AvgIpc) is 3.50. The van der Waals surface area contributed by atoms with E-state index in [4.69, 9.17) is 23.9 Å². The minimum atomic E-state index is -3.32. The number of nitrogens with zero attached hydrogens (tertiary/aromatic N) is 4. The molecule has 4 rings (SSSR count). The van der Waals surface area contributed by atoms with Crippen LogP contribution in [0.25, 0.3) is 11.2 Å². The molecule has 15 nitrogen and oxygen atoms in total. The maximum Gasteiger partial charge on any atom is 0.433 e. The van der Waals surface area contributed by atoms with Crippen molar-refractivity contribution in [1.82, 2.24) is 19.5 Å². The molecule has 0 radical (unpaired) electrons. The van der Waals surface area contributed by atoms with E-state index in [0.717, 1.165) is 6.26 Å². The number of hydrogen-bond acceptors (Lipinski definition) is 12. The third kappa shape index (κ3) is 6.99. The SMILES string of the molecule is CS(=O)(=O)c1ccc(COP(COCCn2cnc3c(=O)[nH]c(N)nc32)OCc2ccc([N+](=O)[O-])o2)cc1. The van der Waals surface area contributed by atoms with Gasteiger partial charge in [-0.1, -0.05) is 12.1 Å². The number of H-pyrrole nitrogens is 1. The van der Waals surface area contributed by atoms with Crippen LogP contribution < -0.4 is 11.3 Å². The van der Waals surface area contributed by atoms with E-state index in [-0.39, 0.29) is 48.3 Å². The zero-order valence-electron chi connectivity index (χ0n) is 20.0. The third-order valence-electron chi connectivity index (χ3n) is 5.07. The minimum absolute atomic E-state index is 0.0294. The van der Waals surface area contributed by atoms with Crippen LogP contribution in [0, 0.1) is 10.1 Å². The summed E-state index contributed by atoms with van der Waals surface area (Å²) in [6.45, 7) is 0.525. The van der Waals surface area contributed by atoms with E-state index in [1.165, 1.54) is 30.6 Å². The molecule has 0 aliphatic heterocycles. The first-order valence-electron chi connectivity index (χ1n) is 10.9. The van der Waals surface area contributed by atoms with E-state index in [1.54, 1.807) is 16.7 Å². The Kier molecular flexibility index (Phi) is 8.48. The molecule has 0 saturated heterocycles. The molecule has 4 aromatic rings. The molecule has 0 aliphatic carbocycles. The van der Waals surface area contributed by atoms with Crippen molar-refractivity contribution in [3.8, 4) is 0 Å². The number of furan rings is 1. The first-order valence-corrected chi connectivity index (χ1v) is 14.2. The molecular weight excluding hydrogens is 543 g/mol. The number of nitrogen functional groups attached to an aromatic ring is 1. The Balaban J connectivity index is 1.36. The van der Waals surface area contributed by atoms with Crippen molar-refractivity contribution in [2.45, 2.75) is 24.7 Å². The molecule has 3 N–H and O–H groups in total. The van der Waals surface area contributed by atoms with Gasteiger partial charge in [0.1, 0.15) is 23.6 Å². The lowest BCUT2D eigenvalue weighted by Crippen LogP contribution is -2.13. The number of rotatable bonds is 13. The summed E-state index contributed by atoms with van der Waals surface area (Å²) in [6, 6.07) is 8.88. The number of fused-ring (bicyclic) bond motifs is 1. The fourth-order valence-electron chi connectivity index (χ4n) is 3.21. The molecule has 0 bridgehead atoms. The molecule has 1 atom stereocenters. The third-order valence-corrected chi connectivity index (χ3v) is 7.43. The van der Waals surface area contributed by atoms with Crippen LogP contribution in [0.15, 0.2) is 56.8 Å². The summed E-state index contributed by atoms with van der Waals surface area (Å²) >= 11 is 0. The van der Waals surface area contributed by atoms with E-state index in [2.05, 4.69) is 15.0 Å². The lowest BCUT2D eigenvalue weighted by Gasteiger charge is -2.17. The molecule has 0 fully saturated rings. The van der Waals surface area contributed by atoms with Gasteiger partial charge in [0.25, 0.3) is 5.56 Å². The largest absolute Gasteiger partial charge is 0.433 e. The van der Waals surface area contributed by atoms with Crippen LogP contribution in [0.2, 0.25) is 0 Å². The number of benzene rings is 1.